The molecule has 4 aromatic rings. The fourth-order valence-electron chi connectivity index (χ4n) is 3.26. The summed E-state index contributed by atoms with van der Waals surface area (Å²) in [5, 5.41) is 3.25. The predicted octanol–water partition coefficient (Wildman–Crippen LogP) is 5.04. The Morgan fingerprint density at radius 1 is 1.00 bits per heavy atom. The molecule has 0 aliphatic carbocycles. The van der Waals surface area contributed by atoms with Gasteiger partial charge in [0.1, 0.15) is 35.2 Å². The molecule has 0 saturated heterocycles. The molecule has 0 fully saturated rings. The third kappa shape index (κ3) is 5.13. The molecule has 0 aliphatic heterocycles. The van der Waals surface area contributed by atoms with Gasteiger partial charge in [-0.15, -0.1) is 0 Å². The smallest absolute Gasteiger partial charge is 0.228 e. The summed E-state index contributed by atoms with van der Waals surface area (Å²) in [6.45, 7) is 0.206. The number of methoxy groups -OCH3 is 2. The van der Waals surface area contributed by atoms with E-state index >= 15 is 0 Å². The van der Waals surface area contributed by atoms with Gasteiger partial charge in [0, 0.05) is 12.4 Å². The molecule has 2 aromatic heterocycles. The van der Waals surface area contributed by atoms with Crippen LogP contribution in [0, 0.1) is 0 Å². The van der Waals surface area contributed by atoms with Crippen molar-refractivity contribution >= 4 is 45.8 Å². The summed E-state index contributed by atoms with van der Waals surface area (Å²) in [6, 6.07) is 10.8. The molecule has 0 bridgehead atoms. The number of H-pyrrole nitrogens is 1. The number of aromatic amines is 1. The maximum absolute atomic E-state index is 12.7. The van der Waals surface area contributed by atoms with E-state index in [1.165, 1.54) is 12.4 Å². The number of rotatable bonds is 8. The molecular formula is C23H20Cl2N4O4. The van der Waals surface area contributed by atoms with E-state index in [1.807, 2.05) is 24.3 Å². The second kappa shape index (κ2) is 9.97. The van der Waals surface area contributed by atoms with E-state index in [9.17, 15) is 4.79 Å². The first-order chi connectivity index (χ1) is 16.0. The lowest BCUT2D eigenvalue weighted by molar-refractivity contribution is -0.115. The number of pyridine rings is 1. The number of nitrogens with zero attached hydrogens (tertiary/aromatic N) is 2. The summed E-state index contributed by atoms with van der Waals surface area (Å²) in [4.78, 5) is 24.4. The van der Waals surface area contributed by atoms with Gasteiger partial charge in [-0.2, -0.15) is 0 Å². The topological polar surface area (TPSA) is 98.4 Å². The van der Waals surface area contributed by atoms with E-state index in [0.29, 0.717) is 39.6 Å². The molecule has 0 aliphatic rings. The fourth-order valence-corrected chi connectivity index (χ4v) is 3.72. The van der Waals surface area contributed by atoms with E-state index in [4.69, 9.17) is 37.4 Å². The van der Waals surface area contributed by atoms with E-state index in [2.05, 4.69) is 20.3 Å². The number of carbonyl (C=O) groups is 1. The molecule has 33 heavy (non-hydrogen) atoms. The van der Waals surface area contributed by atoms with Crippen molar-refractivity contribution in [2.75, 3.05) is 19.5 Å². The van der Waals surface area contributed by atoms with Crippen molar-refractivity contribution < 1.29 is 19.0 Å². The number of benzene rings is 2. The first kappa shape index (κ1) is 22.7. The Labute approximate surface area is 199 Å². The summed E-state index contributed by atoms with van der Waals surface area (Å²) >= 11 is 12.2. The highest BCUT2D eigenvalue weighted by Crippen LogP contribution is 2.30. The maximum atomic E-state index is 12.7. The number of anilines is 1. The average Bonchev–Trinajstić information content (AvgIpc) is 3.25. The van der Waals surface area contributed by atoms with Gasteiger partial charge < -0.3 is 24.5 Å². The average molecular weight is 487 g/mol. The fraction of sp³-hybridized carbons (Fsp3) is 0.174. The first-order valence-electron chi connectivity index (χ1n) is 9.88. The van der Waals surface area contributed by atoms with Crippen molar-refractivity contribution in [3.8, 4) is 17.2 Å². The van der Waals surface area contributed by atoms with Crippen LogP contribution in [0.15, 0.2) is 48.8 Å². The van der Waals surface area contributed by atoms with Crippen LogP contribution in [-0.2, 0) is 17.8 Å². The highest BCUT2D eigenvalue weighted by Gasteiger charge is 2.17. The summed E-state index contributed by atoms with van der Waals surface area (Å²) in [6.07, 6.45) is 2.88. The maximum Gasteiger partial charge on any atom is 0.228 e. The number of aromatic nitrogens is 3. The summed E-state index contributed by atoms with van der Waals surface area (Å²) in [7, 11) is 3.18. The third-order valence-corrected chi connectivity index (χ3v) is 5.44. The van der Waals surface area contributed by atoms with Gasteiger partial charge in [0.25, 0.3) is 0 Å². The van der Waals surface area contributed by atoms with Crippen molar-refractivity contribution in [2.45, 2.75) is 13.0 Å². The molecule has 2 N–H and O–H groups in total. The van der Waals surface area contributed by atoms with Gasteiger partial charge in [-0.25, -0.2) is 4.98 Å². The number of halogens is 2. The quantitative estimate of drug-likeness (QED) is 0.361. The number of ether oxygens (including phenoxy) is 3. The number of fused-ring (bicyclic) bond motifs is 1. The first-order valence-corrected chi connectivity index (χ1v) is 10.6. The third-order valence-electron chi connectivity index (χ3n) is 4.86. The van der Waals surface area contributed by atoms with Gasteiger partial charge in [0.2, 0.25) is 5.91 Å². The second-order valence-electron chi connectivity index (χ2n) is 7.00. The van der Waals surface area contributed by atoms with Crippen LogP contribution >= 0.6 is 23.2 Å². The molecule has 4 rings (SSSR count). The molecule has 2 aromatic carbocycles. The van der Waals surface area contributed by atoms with E-state index < -0.39 is 0 Å². The normalized spacial score (nSPS) is 10.8. The molecule has 8 nitrogen and oxygen atoms in total. The van der Waals surface area contributed by atoms with Crippen LogP contribution in [0.2, 0.25) is 10.0 Å². The van der Waals surface area contributed by atoms with E-state index in [0.717, 1.165) is 5.75 Å². The molecule has 170 valence electrons. The number of carbonyl (C=O) groups excluding carboxylic acids is 1. The summed E-state index contributed by atoms with van der Waals surface area (Å²) in [5.74, 6) is 2.32. The van der Waals surface area contributed by atoms with E-state index in [1.54, 1.807) is 26.4 Å². The lowest BCUT2D eigenvalue weighted by atomic mass is 10.1. The van der Waals surface area contributed by atoms with Crippen LogP contribution in [0.3, 0.4) is 0 Å². The number of amides is 1. The Hall–Kier alpha value is -3.49. The van der Waals surface area contributed by atoms with Crippen molar-refractivity contribution in [1.82, 2.24) is 15.0 Å². The number of nitrogens with one attached hydrogen (secondary N) is 2. The van der Waals surface area contributed by atoms with Crippen LogP contribution in [0.1, 0.15) is 11.4 Å². The van der Waals surface area contributed by atoms with Crippen molar-refractivity contribution in [1.29, 1.82) is 0 Å². The molecule has 0 spiro atoms. The molecule has 2 heterocycles. The highest BCUT2D eigenvalue weighted by atomic mass is 35.5. The molecular weight excluding hydrogens is 467 g/mol. The molecule has 0 unspecified atom stereocenters. The number of hydrogen-bond donors (Lipinski definition) is 2. The monoisotopic (exact) mass is 486 g/mol. The van der Waals surface area contributed by atoms with Gasteiger partial charge in [0.15, 0.2) is 0 Å². The minimum absolute atomic E-state index is 0.0547. The van der Waals surface area contributed by atoms with Crippen molar-refractivity contribution in [3.05, 3.63) is 70.2 Å². The zero-order valence-corrected chi connectivity index (χ0v) is 19.3. The minimum Gasteiger partial charge on any atom is -0.497 e. The standard InChI is InChI=1S/C23H20Cl2N4O4/c1-31-14-4-6-15(7-5-14)33-12-19-27-21-13(3-8-18(32-2)23(21)28-19)9-20(30)29-22-16(24)10-26-11-17(22)25/h3-8,10-11H,9,12H2,1-2H3,(H,27,28)(H,26,29,30). The van der Waals surface area contributed by atoms with Crippen molar-refractivity contribution in [3.63, 3.8) is 0 Å². The van der Waals surface area contributed by atoms with Gasteiger partial charge in [-0.05, 0) is 35.9 Å². The molecule has 0 saturated carbocycles. The van der Waals surface area contributed by atoms with Crippen LogP contribution in [0.25, 0.3) is 11.0 Å². The Bertz CT molecular complexity index is 1270. The van der Waals surface area contributed by atoms with Gasteiger partial charge in [0.05, 0.1) is 41.9 Å². The zero-order chi connectivity index (χ0) is 23.4. The Kier molecular flexibility index (Phi) is 6.86. The summed E-state index contributed by atoms with van der Waals surface area (Å²) < 4.78 is 16.4. The summed E-state index contributed by atoms with van der Waals surface area (Å²) in [5.41, 5.74) is 2.32. The largest absolute Gasteiger partial charge is 0.497 e. The molecule has 0 radical (unpaired) electrons. The Morgan fingerprint density at radius 3 is 2.36 bits per heavy atom. The van der Waals surface area contributed by atoms with E-state index in [-0.39, 0.29) is 29.0 Å². The van der Waals surface area contributed by atoms with Crippen LogP contribution in [0.4, 0.5) is 5.69 Å². The molecule has 1 amide bonds. The highest BCUT2D eigenvalue weighted by molar-refractivity contribution is 6.39. The number of imidazole rings is 1. The van der Waals surface area contributed by atoms with Gasteiger partial charge in [-0.3, -0.25) is 9.78 Å². The minimum atomic E-state index is -0.296. The number of hydrogen-bond acceptors (Lipinski definition) is 6. The zero-order valence-electron chi connectivity index (χ0n) is 17.8. The van der Waals surface area contributed by atoms with Crippen LogP contribution in [-0.4, -0.2) is 35.1 Å². The predicted molar refractivity (Wildman–Crippen MR) is 127 cm³/mol. The molecule has 0 atom stereocenters. The SMILES string of the molecule is COc1ccc(OCc2nc3c(CC(=O)Nc4c(Cl)cncc4Cl)ccc(OC)c3[nH]2)cc1. The molecule has 10 heteroatoms. The van der Waals surface area contributed by atoms with Gasteiger partial charge in [-0.1, -0.05) is 29.3 Å². The Balaban J connectivity index is 1.54. The van der Waals surface area contributed by atoms with Crippen LogP contribution in [0.5, 0.6) is 17.2 Å². The second-order valence-corrected chi connectivity index (χ2v) is 7.82. The Morgan fingerprint density at radius 2 is 1.70 bits per heavy atom. The lowest BCUT2D eigenvalue weighted by Crippen LogP contribution is -2.15. The lowest BCUT2D eigenvalue weighted by Gasteiger charge is -2.09. The van der Waals surface area contributed by atoms with Crippen molar-refractivity contribution in [2.24, 2.45) is 0 Å². The van der Waals surface area contributed by atoms with Crippen LogP contribution < -0.4 is 19.5 Å². The van der Waals surface area contributed by atoms with Gasteiger partial charge >= 0.3 is 0 Å².